The standard InChI is InChI=1S/C13H18N4O3/c1-10-2-3-12(17(19)20)11(8-10)15-9-13(18)16-6-4-14-5-7-16/h2-3,8,14-15H,4-7,9H2,1H3. The lowest BCUT2D eigenvalue weighted by Crippen LogP contribution is -2.48. The van der Waals surface area contributed by atoms with Crippen LogP contribution in [0.5, 0.6) is 0 Å². The molecule has 1 fully saturated rings. The number of aryl methyl sites for hydroxylation is 1. The molecule has 1 aliphatic heterocycles. The zero-order valence-corrected chi connectivity index (χ0v) is 11.4. The van der Waals surface area contributed by atoms with Crippen LogP contribution in [0.25, 0.3) is 0 Å². The van der Waals surface area contributed by atoms with E-state index < -0.39 is 4.92 Å². The number of hydrogen-bond acceptors (Lipinski definition) is 5. The molecule has 0 bridgehead atoms. The molecule has 1 amide bonds. The van der Waals surface area contributed by atoms with Crippen molar-refractivity contribution in [3.05, 3.63) is 33.9 Å². The molecule has 20 heavy (non-hydrogen) atoms. The minimum absolute atomic E-state index is 0.0105. The van der Waals surface area contributed by atoms with Gasteiger partial charge in [-0.25, -0.2) is 0 Å². The van der Waals surface area contributed by atoms with Gasteiger partial charge >= 0.3 is 0 Å². The first kappa shape index (κ1) is 14.3. The van der Waals surface area contributed by atoms with Crippen molar-refractivity contribution in [1.29, 1.82) is 0 Å². The molecule has 1 aromatic rings. The number of anilines is 1. The molecule has 0 saturated carbocycles. The number of amides is 1. The van der Waals surface area contributed by atoms with Gasteiger partial charge in [0, 0.05) is 32.2 Å². The van der Waals surface area contributed by atoms with Crippen LogP contribution >= 0.6 is 0 Å². The lowest BCUT2D eigenvalue weighted by molar-refractivity contribution is -0.384. The second kappa shape index (κ2) is 6.33. The Balaban J connectivity index is 2.01. The van der Waals surface area contributed by atoms with Gasteiger partial charge in [0.25, 0.3) is 5.69 Å². The molecule has 0 radical (unpaired) electrons. The Morgan fingerprint density at radius 3 is 2.80 bits per heavy atom. The van der Waals surface area contributed by atoms with Crippen molar-refractivity contribution in [2.45, 2.75) is 6.92 Å². The smallest absolute Gasteiger partial charge is 0.292 e. The zero-order valence-electron chi connectivity index (χ0n) is 11.4. The third kappa shape index (κ3) is 3.45. The van der Waals surface area contributed by atoms with Crippen molar-refractivity contribution < 1.29 is 9.72 Å². The van der Waals surface area contributed by atoms with Gasteiger partial charge in [-0.3, -0.25) is 14.9 Å². The van der Waals surface area contributed by atoms with Gasteiger partial charge in [-0.05, 0) is 18.6 Å². The van der Waals surface area contributed by atoms with E-state index in [0.717, 1.165) is 18.7 Å². The Bertz CT molecular complexity index is 512. The van der Waals surface area contributed by atoms with Crippen LogP contribution in [-0.2, 0) is 4.79 Å². The minimum Gasteiger partial charge on any atom is -0.371 e. The first-order valence-corrected chi connectivity index (χ1v) is 6.55. The first-order valence-electron chi connectivity index (χ1n) is 6.55. The van der Waals surface area contributed by atoms with Crippen LogP contribution in [-0.4, -0.2) is 48.5 Å². The highest BCUT2D eigenvalue weighted by Crippen LogP contribution is 2.24. The van der Waals surface area contributed by atoms with E-state index in [1.807, 2.05) is 6.92 Å². The Hall–Kier alpha value is -2.15. The molecule has 0 unspecified atom stereocenters. The van der Waals surface area contributed by atoms with Crippen molar-refractivity contribution in [2.24, 2.45) is 0 Å². The quantitative estimate of drug-likeness (QED) is 0.626. The third-order valence-electron chi connectivity index (χ3n) is 3.25. The maximum absolute atomic E-state index is 12.0. The molecule has 0 aromatic heterocycles. The summed E-state index contributed by atoms with van der Waals surface area (Å²) in [7, 11) is 0. The predicted molar refractivity (Wildman–Crippen MR) is 75.8 cm³/mol. The summed E-state index contributed by atoms with van der Waals surface area (Å²) >= 11 is 0. The molecule has 7 heteroatoms. The highest BCUT2D eigenvalue weighted by Gasteiger charge is 2.18. The number of benzene rings is 1. The molecule has 0 aliphatic carbocycles. The van der Waals surface area contributed by atoms with E-state index in [9.17, 15) is 14.9 Å². The van der Waals surface area contributed by atoms with Crippen LogP contribution in [0.15, 0.2) is 18.2 Å². The highest BCUT2D eigenvalue weighted by atomic mass is 16.6. The number of nitro groups is 1. The molecule has 0 atom stereocenters. The van der Waals surface area contributed by atoms with Crippen LogP contribution in [0.2, 0.25) is 0 Å². The lowest BCUT2D eigenvalue weighted by atomic mass is 10.2. The van der Waals surface area contributed by atoms with Crippen molar-refractivity contribution in [3.63, 3.8) is 0 Å². The average molecular weight is 278 g/mol. The monoisotopic (exact) mass is 278 g/mol. The molecule has 1 aromatic carbocycles. The molecule has 108 valence electrons. The first-order chi connectivity index (χ1) is 9.58. The number of nitrogens with one attached hydrogen (secondary N) is 2. The summed E-state index contributed by atoms with van der Waals surface area (Å²) in [6.07, 6.45) is 0. The van der Waals surface area contributed by atoms with E-state index in [2.05, 4.69) is 10.6 Å². The molecule has 1 aliphatic rings. The van der Waals surface area contributed by atoms with Crippen molar-refractivity contribution >= 4 is 17.3 Å². The number of nitro benzene ring substituents is 1. The third-order valence-corrected chi connectivity index (χ3v) is 3.25. The number of carbonyl (C=O) groups excluding carboxylic acids is 1. The van der Waals surface area contributed by atoms with Gasteiger partial charge in [-0.1, -0.05) is 6.07 Å². The van der Waals surface area contributed by atoms with Crippen molar-refractivity contribution in [2.75, 3.05) is 38.0 Å². The van der Waals surface area contributed by atoms with Crippen molar-refractivity contribution in [1.82, 2.24) is 10.2 Å². The van der Waals surface area contributed by atoms with E-state index in [4.69, 9.17) is 0 Å². The largest absolute Gasteiger partial charge is 0.371 e. The molecule has 1 saturated heterocycles. The number of hydrogen-bond donors (Lipinski definition) is 2. The van der Waals surface area contributed by atoms with Gasteiger partial charge in [0.05, 0.1) is 11.5 Å². The highest BCUT2D eigenvalue weighted by molar-refractivity contribution is 5.82. The summed E-state index contributed by atoms with van der Waals surface area (Å²) in [5.74, 6) is -0.0395. The number of nitrogens with zero attached hydrogens (tertiary/aromatic N) is 2. The molecular formula is C13H18N4O3. The number of piperazine rings is 1. The van der Waals surface area contributed by atoms with E-state index in [1.165, 1.54) is 6.07 Å². The van der Waals surface area contributed by atoms with Gasteiger partial charge in [-0.15, -0.1) is 0 Å². The van der Waals surface area contributed by atoms with Crippen molar-refractivity contribution in [3.8, 4) is 0 Å². The Morgan fingerprint density at radius 1 is 1.45 bits per heavy atom. The van der Waals surface area contributed by atoms with Gasteiger partial charge < -0.3 is 15.5 Å². The van der Waals surface area contributed by atoms with E-state index in [-0.39, 0.29) is 18.1 Å². The number of carbonyl (C=O) groups is 1. The van der Waals surface area contributed by atoms with Crippen LogP contribution in [0, 0.1) is 17.0 Å². The Morgan fingerprint density at radius 2 is 2.15 bits per heavy atom. The van der Waals surface area contributed by atoms with E-state index >= 15 is 0 Å². The topological polar surface area (TPSA) is 87.5 Å². The zero-order chi connectivity index (χ0) is 14.5. The van der Waals surface area contributed by atoms with Gasteiger partial charge in [0.15, 0.2) is 0 Å². The molecule has 1 heterocycles. The second-order valence-electron chi connectivity index (χ2n) is 4.76. The maximum atomic E-state index is 12.0. The molecule has 0 spiro atoms. The van der Waals surface area contributed by atoms with E-state index in [0.29, 0.717) is 18.8 Å². The summed E-state index contributed by atoms with van der Waals surface area (Å²) in [5, 5.41) is 17.0. The summed E-state index contributed by atoms with van der Waals surface area (Å²) in [5.41, 5.74) is 1.29. The lowest BCUT2D eigenvalue weighted by Gasteiger charge is -2.27. The second-order valence-corrected chi connectivity index (χ2v) is 4.76. The van der Waals surface area contributed by atoms with Gasteiger partial charge in [-0.2, -0.15) is 0 Å². The predicted octanol–water partition coefficient (Wildman–Crippen LogP) is 0.747. The summed E-state index contributed by atoms with van der Waals surface area (Å²) in [4.78, 5) is 24.3. The molecule has 2 N–H and O–H groups in total. The fourth-order valence-corrected chi connectivity index (χ4v) is 2.15. The SMILES string of the molecule is Cc1ccc([N+](=O)[O-])c(NCC(=O)N2CCNCC2)c1. The fraction of sp³-hybridized carbons (Fsp3) is 0.462. The molecule has 7 nitrogen and oxygen atoms in total. The maximum Gasteiger partial charge on any atom is 0.292 e. The number of rotatable bonds is 4. The summed E-state index contributed by atoms with van der Waals surface area (Å²) in [6.45, 7) is 4.86. The van der Waals surface area contributed by atoms with Crippen LogP contribution < -0.4 is 10.6 Å². The average Bonchev–Trinajstić information content (AvgIpc) is 2.45. The van der Waals surface area contributed by atoms with Crippen LogP contribution in [0.1, 0.15) is 5.56 Å². The fourth-order valence-electron chi connectivity index (χ4n) is 2.15. The summed E-state index contributed by atoms with van der Waals surface area (Å²) < 4.78 is 0. The van der Waals surface area contributed by atoms with E-state index in [1.54, 1.807) is 17.0 Å². The van der Waals surface area contributed by atoms with Gasteiger partial charge in [0.2, 0.25) is 5.91 Å². The van der Waals surface area contributed by atoms with Crippen LogP contribution in [0.3, 0.4) is 0 Å². The van der Waals surface area contributed by atoms with Gasteiger partial charge in [0.1, 0.15) is 5.69 Å². The molecule has 2 rings (SSSR count). The summed E-state index contributed by atoms with van der Waals surface area (Å²) in [6, 6.07) is 4.82. The van der Waals surface area contributed by atoms with Crippen LogP contribution in [0.4, 0.5) is 11.4 Å². The minimum atomic E-state index is -0.447. The Labute approximate surface area is 117 Å². The normalized spacial score (nSPS) is 14.9. The molecular weight excluding hydrogens is 260 g/mol. The Kier molecular flexibility index (Phi) is 4.52.